The molecule has 0 saturated heterocycles. The summed E-state index contributed by atoms with van der Waals surface area (Å²) in [5, 5.41) is 3.01. The van der Waals surface area contributed by atoms with Gasteiger partial charge in [-0.2, -0.15) is 0 Å². The first-order valence-corrected chi connectivity index (χ1v) is 7.36. The lowest BCUT2D eigenvalue weighted by atomic mass is 10.1. The maximum atomic E-state index is 11.8. The average Bonchev–Trinajstić information content (AvgIpc) is 3.06. The predicted molar refractivity (Wildman–Crippen MR) is 83.0 cm³/mol. The van der Waals surface area contributed by atoms with Gasteiger partial charge >= 0.3 is 0 Å². The van der Waals surface area contributed by atoms with E-state index in [0.29, 0.717) is 5.92 Å². The third kappa shape index (κ3) is 4.49. The molecule has 0 aromatic rings. The molecule has 0 spiro atoms. The van der Waals surface area contributed by atoms with E-state index in [4.69, 9.17) is 0 Å². The molecule has 0 bridgehead atoms. The Morgan fingerprint density at radius 1 is 1.05 bits per heavy atom. The fraction of sp³-hybridized carbons (Fsp3) is 0.471. The number of amides is 1. The molecule has 0 aromatic carbocycles. The van der Waals surface area contributed by atoms with E-state index in [-0.39, 0.29) is 11.8 Å². The largest absolute Gasteiger partial charge is 0.355 e. The Morgan fingerprint density at radius 2 is 1.65 bits per heavy atom. The second-order valence-electron chi connectivity index (χ2n) is 6.22. The second-order valence-corrected chi connectivity index (χ2v) is 6.22. The molecular formula is C17H25N2O+. The highest BCUT2D eigenvalue weighted by molar-refractivity contribution is 5.83. The van der Waals surface area contributed by atoms with E-state index in [1.165, 1.54) is 0 Å². The van der Waals surface area contributed by atoms with E-state index in [2.05, 4.69) is 43.7 Å². The molecular weight excluding hydrogens is 248 g/mol. The van der Waals surface area contributed by atoms with Gasteiger partial charge in [0, 0.05) is 18.9 Å². The summed E-state index contributed by atoms with van der Waals surface area (Å²) in [7, 11) is 4.51. The van der Waals surface area contributed by atoms with Crippen LogP contribution in [-0.4, -0.2) is 44.1 Å². The molecule has 20 heavy (non-hydrogen) atoms. The van der Waals surface area contributed by atoms with Crippen molar-refractivity contribution < 1.29 is 9.28 Å². The minimum Gasteiger partial charge on any atom is -0.355 e. The van der Waals surface area contributed by atoms with E-state index in [1.807, 2.05) is 24.3 Å². The van der Waals surface area contributed by atoms with Crippen LogP contribution < -0.4 is 5.32 Å². The summed E-state index contributed by atoms with van der Waals surface area (Å²) >= 11 is 0. The third-order valence-corrected chi connectivity index (χ3v) is 3.82. The minimum atomic E-state index is -0.0636. The van der Waals surface area contributed by atoms with Gasteiger partial charge in [0.15, 0.2) is 0 Å². The zero-order valence-electron chi connectivity index (χ0n) is 12.5. The molecule has 1 amide bonds. The molecule has 108 valence electrons. The van der Waals surface area contributed by atoms with E-state index >= 15 is 0 Å². The van der Waals surface area contributed by atoms with Crippen LogP contribution in [0, 0.1) is 11.8 Å². The Balaban J connectivity index is 1.63. The molecule has 1 N–H and O–H groups in total. The van der Waals surface area contributed by atoms with Crippen molar-refractivity contribution in [1.29, 1.82) is 0 Å². The highest BCUT2D eigenvalue weighted by atomic mass is 16.1. The zero-order valence-corrected chi connectivity index (χ0v) is 12.5. The maximum absolute atomic E-state index is 11.8. The number of carbonyl (C=O) groups is 1. The van der Waals surface area contributed by atoms with Gasteiger partial charge in [-0.15, -0.1) is 0 Å². The van der Waals surface area contributed by atoms with Gasteiger partial charge in [0.05, 0.1) is 33.1 Å². The molecule has 0 fully saturated rings. The second kappa shape index (κ2) is 6.71. The molecule has 2 aliphatic rings. The van der Waals surface area contributed by atoms with Gasteiger partial charge in [0.1, 0.15) is 0 Å². The summed E-state index contributed by atoms with van der Waals surface area (Å²) in [5.41, 5.74) is 0. The summed E-state index contributed by atoms with van der Waals surface area (Å²) in [6.07, 6.45) is 17.4. The topological polar surface area (TPSA) is 29.1 Å². The SMILES string of the molecule is C[N+](C)(CCCNC(=O)C1C=CC=C1)CC1C=CC=C1. The van der Waals surface area contributed by atoms with Crippen LogP contribution in [0.1, 0.15) is 6.42 Å². The fourth-order valence-corrected chi connectivity index (χ4v) is 2.70. The highest BCUT2D eigenvalue weighted by Gasteiger charge is 2.20. The molecule has 3 heteroatoms. The Bertz CT molecular complexity index is 434. The summed E-state index contributed by atoms with van der Waals surface area (Å²) in [6, 6.07) is 0. The van der Waals surface area contributed by atoms with Crippen LogP contribution in [0.25, 0.3) is 0 Å². The molecule has 3 nitrogen and oxygen atoms in total. The molecule has 2 rings (SSSR count). The van der Waals surface area contributed by atoms with Crippen molar-refractivity contribution in [2.24, 2.45) is 11.8 Å². The van der Waals surface area contributed by atoms with Crippen molar-refractivity contribution in [3.63, 3.8) is 0 Å². The number of hydrogen-bond donors (Lipinski definition) is 1. The highest BCUT2D eigenvalue weighted by Crippen LogP contribution is 2.14. The van der Waals surface area contributed by atoms with E-state index in [1.54, 1.807) is 0 Å². The monoisotopic (exact) mass is 273 g/mol. The smallest absolute Gasteiger partial charge is 0.230 e. The standard InChI is InChI=1S/C17H24N2O/c1-19(2,14-15-8-3-4-9-15)13-7-12-18-17(20)16-10-5-6-11-16/h3-6,8-11,15-16H,7,12-14H2,1-2H3/p+1. The third-order valence-electron chi connectivity index (χ3n) is 3.82. The van der Waals surface area contributed by atoms with Gasteiger partial charge in [0.25, 0.3) is 0 Å². The fourth-order valence-electron chi connectivity index (χ4n) is 2.70. The molecule has 0 saturated carbocycles. The number of rotatable bonds is 7. The summed E-state index contributed by atoms with van der Waals surface area (Å²) in [5.74, 6) is 0.613. The lowest BCUT2D eigenvalue weighted by molar-refractivity contribution is -0.892. The van der Waals surface area contributed by atoms with Crippen LogP contribution >= 0.6 is 0 Å². The van der Waals surface area contributed by atoms with Crippen LogP contribution in [0.2, 0.25) is 0 Å². The zero-order chi connectivity index (χ0) is 14.4. The van der Waals surface area contributed by atoms with Crippen LogP contribution in [0.5, 0.6) is 0 Å². The molecule has 0 heterocycles. The number of carbonyl (C=O) groups excluding carboxylic acids is 1. The van der Waals surface area contributed by atoms with Gasteiger partial charge in [-0.25, -0.2) is 0 Å². The summed E-state index contributed by atoms with van der Waals surface area (Å²) in [4.78, 5) is 11.8. The Hall–Kier alpha value is -1.61. The normalized spacial score (nSPS) is 18.3. The first-order valence-electron chi connectivity index (χ1n) is 7.36. The van der Waals surface area contributed by atoms with Crippen molar-refractivity contribution in [1.82, 2.24) is 5.32 Å². The Labute approximate surface area is 121 Å². The van der Waals surface area contributed by atoms with Gasteiger partial charge in [-0.3, -0.25) is 4.79 Å². The molecule has 0 unspecified atom stereocenters. The number of quaternary nitrogens is 1. The van der Waals surface area contributed by atoms with Gasteiger partial charge in [0.2, 0.25) is 5.91 Å². The van der Waals surface area contributed by atoms with E-state index < -0.39 is 0 Å². The molecule has 0 atom stereocenters. The summed E-state index contributed by atoms with van der Waals surface area (Å²) in [6.45, 7) is 2.96. The number of nitrogens with zero attached hydrogens (tertiary/aromatic N) is 1. The summed E-state index contributed by atoms with van der Waals surface area (Å²) < 4.78 is 0.985. The average molecular weight is 273 g/mol. The molecule has 0 aliphatic heterocycles. The van der Waals surface area contributed by atoms with Crippen LogP contribution in [0.4, 0.5) is 0 Å². The van der Waals surface area contributed by atoms with Gasteiger partial charge in [-0.1, -0.05) is 48.6 Å². The Kier molecular flexibility index (Phi) is 4.96. The molecule has 2 aliphatic carbocycles. The van der Waals surface area contributed by atoms with Crippen molar-refractivity contribution >= 4 is 5.91 Å². The number of allylic oxidation sites excluding steroid dienone is 4. The van der Waals surface area contributed by atoms with E-state index in [9.17, 15) is 4.79 Å². The lowest BCUT2D eigenvalue weighted by Gasteiger charge is -2.31. The van der Waals surface area contributed by atoms with Gasteiger partial charge in [-0.05, 0) is 0 Å². The number of hydrogen-bond acceptors (Lipinski definition) is 1. The predicted octanol–water partition coefficient (Wildman–Crippen LogP) is 2.05. The van der Waals surface area contributed by atoms with E-state index in [0.717, 1.165) is 30.5 Å². The molecule has 0 aromatic heterocycles. The Morgan fingerprint density at radius 3 is 2.30 bits per heavy atom. The van der Waals surface area contributed by atoms with Gasteiger partial charge < -0.3 is 9.80 Å². The quantitative estimate of drug-likeness (QED) is 0.558. The molecule has 0 radical (unpaired) electrons. The van der Waals surface area contributed by atoms with Crippen molar-refractivity contribution in [3.05, 3.63) is 48.6 Å². The van der Waals surface area contributed by atoms with Crippen LogP contribution in [-0.2, 0) is 4.79 Å². The number of nitrogens with one attached hydrogen (secondary N) is 1. The minimum absolute atomic E-state index is 0.0636. The van der Waals surface area contributed by atoms with Crippen molar-refractivity contribution in [3.8, 4) is 0 Å². The first-order chi connectivity index (χ1) is 9.57. The maximum Gasteiger partial charge on any atom is 0.230 e. The lowest BCUT2D eigenvalue weighted by Crippen LogP contribution is -2.44. The van der Waals surface area contributed by atoms with Crippen LogP contribution in [0.15, 0.2) is 48.6 Å². The van der Waals surface area contributed by atoms with Crippen molar-refractivity contribution in [2.75, 3.05) is 33.7 Å². The van der Waals surface area contributed by atoms with Crippen LogP contribution in [0.3, 0.4) is 0 Å². The van der Waals surface area contributed by atoms with Crippen molar-refractivity contribution in [2.45, 2.75) is 6.42 Å². The first kappa shape index (κ1) is 14.8.